The third kappa shape index (κ3) is 2.53. The summed E-state index contributed by atoms with van der Waals surface area (Å²) in [4.78, 5) is 4.14. The number of ether oxygens (including phenoxy) is 3. The van der Waals surface area contributed by atoms with Crippen molar-refractivity contribution in [3.8, 4) is 28.6 Å². The second-order valence-corrected chi connectivity index (χ2v) is 4.24. The highest BCUT2D eigenvalue weighted by atomic mass is 79.9. The van der Waals surface area contributed by atoms with Crippen LogP contribution in [0.4, 0.5) is 0 Å². The van der Waals surface area contributed by atoms with Crippen molar-refractivity contribution in [2.45, 2.75) is 5.33 Å². The minimum absolute atomic E-state index is 0.550. The first-order valence-corrected chi connectivity index (χ1v) is 6.66. The first-order valence-electron chi connectivity index (χ1n) is 5.53. The summed E-state index contributed by atoms with van der Waals surface area (Å²) >= 11 is 3.37. The second kappa shape index (κ2) is 5.97. The lowest BCUT2D eigenvalue weighted by atomic mass is 10.1. The molecule has 0 bridgehead atoms. The summed E-state index contributed by atoms with van der Waals surface area (Å²) in [7, 11) is 4.72. The fourth-order valence-corrected chi connectivity index (χ4v) is 2.21. The quantitative estimate of drug-likeness (QED) is 0.789. The number of aromatic nitrogens is 1. The van der Waals surface area contributed by atoms with E-state index in [2.05, 4.69) is 20.9 Å². The lowest BCUT2D eigenvalue weighted by molar-refractivity contribution is 0.324. The van der Waals surface area contributed by atoms with Gasteiger partial charge in [0.25, 0.3) is 0 Å². The van der Waals surface area contributed by atoms with Gasteiger partial charge in [0, 0.05) is 10.9 Å². The van der Waals surface area contributed by atoms with E-state index >= 15 is 0 Å². The Hall–Kier alpha value is -1.69. The molecule has 0 N–H and O–H groups in total. The van der Waals surface area contributed by atoms with Crippen molar-refractivity contribution in [2.24, 2.45) is 0 Å². The molecule has 19 heavy (non-hydrogen) atoms. The van der Waals surface area contributed by atoms with Crippen LogP contribution in [0.25, 0.3) is 11.3 Å². The van der Waals surface area contributed by atoms with E-state index < -0.39 is 0 Å². The molecule has 6 heteroatoms. The summed E-state index contributed by atoms with van der Waals surface area (Å²) in [6.45, 7) is 0. The standard InChI is InChI=1S/C13H14BrNO4/c1-16-10-4-8(5-11(17-2)13(10)18-3)12-9(6-14)15-7-19-12/h4-5,7H,6H2,1-3H3. The Morgan fingerprint density at radius 1 is 1.11 bits per heavy atom. The third-order valence-corrected chi connectivity index (χ3v) is 3.23. The Morgan fingerprint density at radius 2 is 1.74 bits per heavy atom. The highest BCUT2D eigenvalue weighted by Crippen LogP contribution is 2.41. The van der Waals surface area contributed by atoms with Crippen molar-refractivity contribution in [3.05, 3.63) is 24.2 Å². The maximum absolute atomic E-state index is 5.42. The Bertz CT molecular complexity index is 543. The summed E-state index contributed by atoms with van der Waals surface area (Å²) in [5.74, 6) is 2.38. The van der Waals surface area contributed by atoms with E-state index in [-0.39, 0.29) is 0 Å². The number of methoxy groups -OCH3 is 3. The van der Waals surface area contributed by atoms with Crippen LogP contribution in [0.5, 0.6) is 17.2 Å². The summed E-state index contributed by atoms with van der Waals surface area (Å²) in [5.41, 5.74) is 1.63. The first kappa shape index (κ1) is 13.7. The van der Waals surface area contributed by atoms with Crippen LogP contribution in [0.2, 0.25) is 0 Å². The topological polar surface area (TPSA) is 53.7 Å². The van der Waals surface area contributed by atoms with Crippen molar-refractivity contribution in [3.63, 3.8) is 0 Å². The Kier molecular flexibility index (Phi) is 4.31. The highest BCUT2D eigenvalue weighted by Gasteiger charge is 2.17. The Labute approximate surface area is 119 Å². The molecule has 0 unspecified atom stereocenters. The molecule has 0 fully saturated rings. The van der Waals surface area contributed by atoms with Crippen molar-refractivity contribution in [2.75, 3.05) is 21.3 Å². The van der Waals surface area contributed by atoms with E-state index in [4.69, 9.17) is 18.6 Å². The van der Waals surface area contributed by atoms with Crippen LogP contribution in [-0.4, -0.2) is 26.3 Å². The first-order chi connectivity index (χ1) is 9.24. The molecule has 0 aliphatic heterocycles. The largest absolute Gasteiger partial charge is 0.493 e. The van der Waals surface area contributed by atoms with E-state index in [1.54, 1.807) is 21.3 Å². The fraction of sp³-hybridized carbons (Fsp3) is 0.308. The highest BCUT2D eigenvalue weighted by molar-refractivity contribution is 9.08. The maximum atomic E-state index is 5.42. The second-order valence-electron chi connectivity index (χ2n) is 3.68. The van der Waals surface area contributed by atoms with Gasteiger partial charge in [-0.2, -0.15) is 0 Å². The van der Waals surface area contributed by atoms with Gasteiger partial charge in [-0.25, -0.2) is 4.98 Å². The molecule has 1 heterocycles. The lowest BCUT2D eigenvalue weighted by Gasteiger charge is -2.13. The predicted molar refractivity (Wildman–Crippen MR) is 74.2 cm³/mol. The zero-order valence-corrected chi connectivity index (χ0v) is 12.5. The van der Waals surface area contributed by atoms with Gasteiger partial charge < -0.3 is 18.6 Å². The van der Waals surface area contributed by atoms with E-state index in [0.29, 0.717) is 28.3 Å². The van der Waals surface area contributed by atoms with Gasteiger partial charge in [0.1, 0.15) is 0 Å². The van der Waals surface area contributed by atoms with Crippen LogP contribution >= 0.6 is 15.9 Å². The molecule has 2 rings (SSSR count). The molecule has 0 aliphatic carbocycles. The molecular formula is C13H14BrNO4. The van der Waals surface area contributed by atoms with Gasteiger partial charge in [-0.15, -0.1) is 0 Å². The van der Waals surface area contributed by atoms with E-state index in [1.807, 2.05) is 12.1 Å². The van der Waals surface area contributed by atoms with Gasteiger partial charge in [-0.1, -0.05) is 15.9 Å². The minimum Gasteiger partial charge on any atom is -0.493 e. The van der Waals surface area contributed by atoms with E-state index in [1.165, 1.54) is 6.39 Å². The normalized spacial score (nSPS) is 10.3. The molecule has 0 atom stereocenters. The number of hydrogen-bond acceptors (Lipinski definition) is 5. The van der Waals surface area contributed by atoms with Crippen LogP contribution < -0.4 is 14.2 Å². The summed E-state index contributed by atoms with van der Waals surface area (Å²) < 4.78 is 21.3. The monoisotopic (exact) mass is 327 g/mol. The average Bonchev–Trinajstić information content (AvgIpc) is 2.93. The molecular weight excluding hydrogens is 314 g/mol. The van der Waals surface area contributed by atoms with Crippen molar-refractivity contribution in [1.82, 2.24) is 4.98 Å². The molecule has 0 saturated carbocycles. The molecule has 0 spiro atoms. The number of rotatable bonds is 5. The van der Waals surface area contributed by atoms with Crippen molar-refractivity contribution < 1.29 is 18.6 Å². The van der Waals surface area contributed by atoms with E-state index in [9.17, 15) is 0 Å². The molecule has 0 radical (unpaired) electrons. The smallest absolute Gasteiger partial charge is 0.203 e. The molecule has 0 saturated heterocycles. The Morgan fingerprint density at radius 3 is 2.21 bits per heavy atom. The van der Waals surface area contributed by atoms with Gasteiger partial charge in [0.05, 0.1) is 27.0 Å². The molecule has 5 nitrogen and oxygen atoms in total. The number of halogens is 1. The van der Waals surface area contributed by atoms with Gasteiger partial charge in [-0.3, -0.25) is 0 Å². The zero-order chi connectivity index (χ0) is 13.8. The van der Waals surface area contributed by atoms with Crippen LogP contribution in [0.1, 0.15) is 5.69 Å². The van der Waals surface area contributed by atoms with E-state index in [0.717, 1.165) is 11.3 Å². The number of nitrogens with zero attached hydrogens (tertiary/aromatic N) is 1. The molecule has 102 valence electrons. The average molecular weight is 328 g/mol. The number of hydrogen-bond donors (Lipinski definition) is 0. The van der Waals surface area contributed by atoms with Crippen LogP contribution in [0.3, 0.4) is 0 Å². The minimum atomic E-state index is 0.550. The lowest BCUT2D eigenvalue weighted by Crippen LogP contribution is -1.96. The van der Waals surface area contributed by atoms with Gasteiger partial charge >= 0.3 is 0 Å². The van der Waals surface area contributed by atoms with Crippen LogP contribution in [0.15, 0.2) is 22.9 Å². The summed E-state index contributed by atoms with van der Waals surface area (Å²) in [5, 5.41) is 0.607. The Balaban J connectivity index is 2.59. The molecule has 1 aromatic carbocycles. The molecule has 2 aromatic rings. The summed E-state index contributed by atoms with van der Waals surface area (Å²) in [6, 6.07) is 3.65. The number of benzene rings is 1. The predicted octanol–water partition coefficient (Wildman–Crippen LogP) is 3.26. The molecule has 1 aromatic heterocycles. The van der Waals surface area contributed by atoms with Gasteiger partial charge in [0.2, 0.25) is 5.75 Å². The fourth-order valence-electron chi connectivity index (χ4n) is 1.81. The summed E-state index contributed by atoms with van der Waals surface area (Å²) in [6.07, 6.45) is 1.41. The third-order valence-electron chi connectivity index (χ3n) is 2.69. The SMILES string of the molecule is COc1cc(-c2ocnc2CBr)cc(OC)c1OC. The number of oxazole rings is 1. The van der Waals surface area contributed by atoms with Crippen LogP contribution in [0, 0.1) is 0 Å². The van der Waals surface area contributed by atoms with Crippen molar-refractivity contribution in [1.29, 1.82) is 0 Å². The molecule has 0 aliphatic rings. The maximum Gasteiger partial charge on any atom is 0.203 e. The van der Waals surface area contributed by atoms with Crippen LogP contribution in [-0.2, 0) is 5.33 Å². The number of alkyl halides is 1. The van der Waals surface area contributed by atoms with Crippen molar-refractivity contribution >= 4 is 15.9 Å². The van der Waals surface area contributed by atoms with Gasteiger partial charge in [0.15, 0.2) is 23.7 Å². The molecule has 0 amide bonds. The zero-order valence-electron chi connectivity index (χ0n) is 10.9. The van der Waals surface area contributed by atoms with Gasteiger partial charge in [-0.05, 0) is 12.1 Å².